The summed E-state index contributed by atoms with van der Waals surface area (Å²) in [5, 5.41) is 0.597. The third-order valence-corrected chi connectivity index (χ3v) is 2.95. The standard InChI is InChI=1S/C15H14S/c1-3-7-14(8-4-1)11-12-16-13-15-9-5-2-6-10-15/h1-12H,13H2/b12-11+/i12D. The Kier molecular flexibility index (Phi) is 3.76. The van der Waals surface area contributed by atoms with E-state index in [1.165, 1.54) is 5.56 Å². The van der Waals surface area contributed by atoms with E-state index in [1.807, 2.05) is 54.6 Å². The molecule has 80 valence electrons. The van der Waals surface area contributed by atoms with Gasteiger partial charge in [0, 0.05) is 5.75 Å². The van der Waals surface area contributed by atoms with Crippen molar-refractivity contribution >= 4 is 17.8 Å². The van der Waals surface area contributed by atoms with Crippen LogP contribution in [-0.2, 0) is 5.75 Å². The van der Waals surface area contributed by atoms with Crippen molar-refractivity contribution in [1.29, 1.82) is 0 Å². The molecule has 0 heterocycles. The van der Waals surface area contributed by atoms with Gasteiger partial charge in [-0.1, -0.05) is 60.7 Å². The maximum absolute atomic E-state index is 7.88. The van der Waals surface area contributed by atoms with E-state index in [0.29, 0.717) is 5.38 Å². The lowest BCUT2D eigenvalue weighted by Crippen LogP contribution is -1.75. The van der Waals surface area contributed by atoms with Crippen LogP contribution in [0.4, 0.5) is 0 Å². The normalized spacial score (nSPS) is 12.2. The maximum atomic E-state index is 7.88. The molecule has 0 atom stereocenters. The van der Waals surface area contributed by atoms with E-state index in [1.54, 1.807) is 11.8 Å². The molecule has 2 aromatic rings. The molecule has 0 bridgehead atoms. The number of hydrogen-bond acceptors (Lipinski definition) is 1. The zero-order chi connectivity index (χ0) is 11.9. The molecule has 0 aliphatic rings. The van der Waals surface area contributed by atoms with Crippen LogP contribution in [0, 0.1) is 0 Å². The molecule has 0 N–H and O–H groups in total. The summed E-state index contributed by atoms with van der Waals surface area (Å²) in [4.78, 5) is 0. The minimum atomic E-state index is 0.597. The van der Waals surface area contributed by atoms with Crippen molar-refractivity contribution in [3.63, 3.8) is 0 Å². The van der Waals surface area contributed by atoms with Gasteiger partial charge in [-0.2, -0.15) is 0 Å². The minimum absolute atomic E-state index is 0.597. The average molecular weight is 227 g/mol. The van der Waals surface area contributed by atoms with Crippen LogP contribution >= 0.6 is 11.8 Å². The van der Waals surface area contributed by atoms with Crippen LogP contribution in [0.15, 0.2) is 66.0 Å². The molecule has 0 radical (unpaired) electrons. The van der Waals surface area contributed by atoms with E-state index < -0.39 is 0 Å². The second-order valence-corrected chi connectivity index (χ2v) is 4.26. The molecule has 0 aromatic heterocycles. The van der Waals surface area contributed by atoms with Gasteiger partial charge in [-0.15, -0.1) is 11.8 Å². The van der Waals surface area contributed by atoms with Gasteiger partial charge in [0.25, 0.3) is 0 Å². The van der Waals surface area contributed by atoms with Crippen molar-refractivity contribution in [3.05, 3.63) is 77.2 Å². The fourth-order valence-corrected chi connectivity index (χ4v) is 2.02. The second kappa shape index (κ2) is 6.19. The SMILES string of the molecule is [2H]/C(=C\c1ccccc1)SCc1ccccc1. The third kappa shape index (κ3) is 3.59. The molecule has 1 heteroatoms. The van der Waals surface area contributed by atoms with E-state index in [4.69, 9.17) is 1.37 Å². The van der Waals surface area contributed by atoms with Crippen LogP contribution in [-0.4, -0.2) is 0 Å². The summed E-state index contributed by atoms with van der Waals surface area (Å²) in [5.41, 5.74) is 2.33. The molecule has 0 amide bonds. The minimum Gasteiger partial charge on any atom is -0.129 e. The van der Waals surface area contributed by atoms with Crippen molar-refractivity contribution in [2.75, 3.05) is 0 Å². The number of benzene rings is 2. The highest BCUT2D eigenvalue weighted by Gasteiger charge is 1.88. The smallest absolute Gasteiger partial charge is 0.0697 e. The van der Waals surface area contributed by atoms with E-state index in [2.05, 4.69) is 12.1 Å². The van der Waals surface area contributed by atoms with Gasteiger partial charge in [-0.25, -0.2) is 0 Å². The Hall–Kier alpha value is -1.47. The lowest BCUT2D eigenvalue weighted by molar-refractivity contribution is 1.42. The maximum Gasteiger partial charge on any atom is 0.0697 e. The fraction of sp³-hybridized carbons (Fsp3) is 0.0667. The Morgan fingerprint density at radius 2 is 1.56 bits per heavy atom. The lowest BCUT2D eigenvalue weighted by Gasteiger charge is -1.96. The second-order valence-electron chi connectivity index (χ2n) is 3.45. The first-order valence-corrected chi connectivity index (χ1v) is 6.23. The zero-order valence-electron chi connectivity index (χ0n) is 9.97. The third-order valence-electron chi connectivity index (χ3n) is 2.19. The van der Waals surface area contributed by atoms with Crippen molar-refractivity contribution in [2.45, 2.75) is 5.75 Å². The first kappa shape index (κ1) is 9.73. The Morgan fingerprint density at radius 3 is 2.25 bits per heavy atom. The van der Waals surface area contributed by atoms with E-state index in [9.17, 15) is 0 Å². The van der Waals surface area contributed by atoms with Crippen LogP contribution in [0.1, 0.15) is 12.5 Å². The van der Waals surface area contributed by atoms with E-state index >= 15 is 0 Å². The molecule has 0 saturated carbocycles. The molecule has 0 unspecified atom stereocenters. The Bertz CT molecular complexity index is 477. The predicted octanol–water partition coefficient (Wildman–Crippen LogP) is 4.59. The van der Waals surface area contributed by atoms with Gasteiger partial charge >= 0.3 is 0 Å². The monoisotopic (exact) mass is 227 g/mol. The molecule has 0 spiro atoms. The Balaban J connectivity index is 1.94. The molecule has 0 nitrogen and oxygen atoms in total. The average Bonchev–Trinajstić information content (AvgIpc) is 2.39. The van der Waals surface area contributed by atoms with Crippen LogP contribution < -0.4 is 0 Å². The summed E-state index contributed by atoms with van der Waals surface area (Å²) in [5.74, 6) is 0.850. The highest BCUT2D eigenvalue weighted by Crippen LogP contribution is 2.14. The summed E-state index contributed by atoms with van der Waals surface area (Å²) in [7, 11) is 0. The van der Waals surface area contributed by atoms with Gasteiger partial charge in [-0.05, 0) is 22.6 Å². The Morgan fingerprint density at radius 1 is 0.938 bits per heavy atom. The van der Waals surface area contributed by atoms with Gasteiger partial charge < -0.3 is 0 Å². The number of rotatable bonds is 4. The summed E-state index contributed by atoms with van der Waals surface area (Å²) in [6, 6.07) is 20.2. The van der Waals surface area contributed by atoms with Crippen LogP contribution in [0.5, 0.6) is 0 Å². The van der Waals surface area contributed by atoms with Gasteiger partial charge in [0.15, 0.2) is 0 Å². The summed E-state index contributed by atoms with van der Waals surface area (Å²) in [6.45, 7) is 0. The van der Waals surface area contributed by atoms with Crippen LogP contribution in [0.3, 0.4) is 0 Å². The van der Waals surface area contributed by atoms with E-state index in [-0.39, 0.29) is 0 Å². The van der Waals surface area contributed by atoms with E-state index in [0.717, 1.165) is 11.3 Å². The predicted molar refractivity (Wildman–Crippen MR) is 73.2 cm³/mol. The van der Waals surface area contributed by atoms with Gasteiger partial charge in [0.05, 0.1) is 1.37 Å². The highest BCUT2D eigenvalue weighted by atomic mass is 32.2. The summed E-state index contributed by atoms with van der Waals surface area (Å²) >= 11 is 1.55. The number of hydrogen-bond donors (Lipinski definition) is 0. The molecule has 0 fully saturated rings. The lowest BCUT2D eigenvalue weighted by atomic mass is 10.2. The molecular weight excluding hydrogens is 212 g/mol. The molecule has 2 aromatic carbocycles. The molecule has 0 saturated heterocycles. The largest absolute Gasteiger partial charge is 0.129 e. The van der Waals surface area contributed by atoms with Gasteiger partial charge in [0.1, 0.15) is 0 Å². The summed E-state index contributed by atoms with van der Waals surface area (Å²) in [6.07, 6.45) is 1.90. The Labute approximate surface area is 102 Å². The first-order chi connectivity index (χ1) is 8.34. The van der Waals surface area contributed by atoms with Gasteiger partial charge in [0.2, 0.25) is 0 Å². The fourth-order valence-electron chi connectivity index (χ4n) is 1.36. The first-order valence-electron chi connectivity index (χ1n) is 5.75. The van der Waals surface area contributed by atoms with Crippen molar-refractivity contribution in [1.82, 2.24) is 0 Å². The van der Waals surface area contributed by atoms with Crippen molar-refractivity contribution in [2.24, 2.45) is 0 Å². The molecular formula is C15H14S. The molecule has 2 rings (SSSR count). The highest BCUT2D eigenvalue weighted by molar-refractivity contribution is 8.01. The van der Waals surface area contributed by atoms with Crippen LogP contribution in [0.2, 0.25) is 0 Å². The summed E-state index contributed by atoms with van der Waals surface area (Å²) < 4.78 is 7.88. The van der Waals surface area contributed by atoms with Crippen LogP contribution in [0.25, 0.3) is 6.08 Å². The molecule has 16 heavy (non-hydrogen) atoms. The number of thioether (sulfide) groups is 1. The molecule has 0 aliphatic carbocycles. The zero-order valence-corrected chi connectivity index (χ0v) is 9.78. The van der Waals surface area contributed by atoms with Crippen molar-refractivity contribution in [3.8, 4) is 0 Å². The quantitative estimate of drug-likeness (QED) is 0.736. The molecule has 0 aliphatic heterocycles. The van der Waals surface area contributed by atoms with Crippen molar-refractivity contribution < 1.29 is 1.37 Å². The topological polar surface area (TPSA) is 0 Å². The van der Waals surface area contributed by atoms with Gasteiger partial charge in [-0.3, -0.25) is 0 Å².